The summed E-state index contributed by atoms with van der Waals surface area (Å²) in [6, 6.07) is 3.21. The van der Waals surface area contributed by atoms with E-state index in [1.807, 2.05) is 26.0 Å². The van der Waals surface area contributed by atoms with E-state index in [1.165, 1.54) is 0 Å². The van der Waals surface area contributed by atoms with Crippen LogP contribution in [0.5, 0.6) is 5.75 Å². The summed E-state index contributed by atoms with van der Waals surface area (Å²) in [6.07, 6.45) is 0. The summed E-state index contributed by atoms with van der Waals surface area (Å²) in [7, 11) is 3.33. The topological polar surface area (TPSA) is 62.2 Å². The molecule has 0 saturated carbocycles. The predicted molar refractivity (Wildman–Crippen MR) is 92.7 cm³/mol. The van der Waals surface area contributed by atoms with E-state index in [0.29, 0.717) is 6.61 Å². The fourth-order valence-electron chi connectivity index (χ4n) is 3.41. The van der Waals surface area contributed by atoms with Gasteiger partial charge in [-0.1, -0.05) is 0 Å². The molecule has 0 radical (unpaired) electrons. The molecular weight excluding hydrogens is 308 g/mol. The quantitative estimate of drug-likeness (QED) is 0.818. The number of piperazine rings is 1. The summed E-state index contributed by atoms with van der Waals surface area (Å²) >= 11 is 0. The van der Waals surface area contributed by atoms with Crippen LogP contribution in [-0.2, 0) is 9.53 Å². The van der Waals surface area contributed by atoms with Gasteiger partial charge in [0.2, 0.25) is 0 Å². The third-order valence-electron chi connectivity index (χ3n) is 4.69. The number of methoxy groups -OCH3 is 2. The van der Waals surface area contributed by atoms with Crippen LogP contribution in [0.25, 0.3) is 0 Å². The molecule has 0 amide bonds. The summed E-state index contributed by atoms with van der Waals surface area (Å²) in [5.74, 6) is -0.0287. The van der Waals surface area contributed by atoms with E-state index in [4.69, 9.17) is 9.47 Å². The van der Waals surface area contributed by atoms with E-state index in [0.717, 1.165) is 55.2 Å². The third-order valence-corrected chi connectivity index (χ3v) is 4.69. The van der Waals surface area contributed by atoms with Crippen molar-refractivity contribution in [1.82, 2.24) is 9.80 Å². The predicted octanol–water partition coefficient (Wildman–Crippen LogP) is 1.70. The Hall–Kier alpha value is -1.63. The van der Waals surface area contributed by atoms with Gasteiger partial charge in [-0.05, 0) is 42.7 Å². The molecule has 1 aromatic carbocycles. The highest BCUT2D eigenvalue weighted by atomic mass is 16.5. The molecule has 1 fully saturated rings. The second-order valence-electron chi connectivity index (χ2n) is 6.29. The molecule has 6 nitrogen and oxygen atoms in total. The number of ether oxygens (including phenoxy) is 2. The molecule has 24 heavy (non-hydrogen) atoms. The van der Waals surface area contributed by atoms with Gasteiger partial charge in [-0.25, -0.2) is 0 Å². The summed E-state index contributed by atoms with van der Waals surface area (Å²) < 4.78 is 10.4. The van der Waals surface area contributed by atoms with Crippen LogP contribution < -0.4 is 4.74 Å². The maximum absolute atomic E-state index is 12.0. The molecule has 1 aliphatic heterocycles. The first-order chi connectivity index (χ1) is 11.5. The summed E-state index contributed by atoms with van der Waals surface area (Å²) in [4.78, 5) is 16.4. The number of hydrogen-bond acceptors (Lipinski definition) is 5. The number of rotatable bonds is 7. The lowest BCUT2D eigenvalue weighted by Crippen LogP contribution is -2.50. The molecule has 1 saturated heterocycles. The van der Waals surface area contributed by atoms with Gasteiger partial charge in [0, 0.05) is 39.8 Å². The third kappa shape index (κ3) is 4.26. The molecule has 2 rings (SSSR count). The molecule has 0 aromatic heterocycles. The fourth-order valence-corrected chi connectivity index (χ4v) is 3.41. The van der Waals surface area contributed by atoms with E-state index >= 15 is 0 Å². The monoisotopic (exact) mass is 336 g/mol. The molecule has 1 heterocycles. The lowest BCUT2D eigenvalue weighted by atomic mass is 9.94. The molecular formula is C18H28N2O4. The number of benzene rings is 1. The van der Waals surface area contributed by atoms with Gasteiger partial charge < -0.3 is 14.6 Å². The highest BCUT2D eigenvalue weighted by Crippen LogP contribution is 2.31. The van der Waals surface area contributed by atoms with Gasteiger partial charge in [0.1, 0.15) is 11.8 Å². The maximum atomic E-state index is 12.0. The zero-order valence-corrected chi connectivity index (χ0v) is 15.0. The maximum Gasteiger partial charge on any atom is 0.325 e. The minimum Gasteiger partial charge on any atom is -0.497 e. The number of hydrogen-bond donors (Lipinski definition) is 1. The lowest BCUT2D eigenvalue weighted by molar-refractivity contribution is -0.144. The second-order valence-corrected chi connectivity index (χ2v) is 6.29. The number of aliphatic carboxylic acids is 1. The first kappa shape index (κ1) is 18.7. The Labute approximate surface area is 144 Å². The van der Waals surface area contributed by atoms with Crippen LogP contribution in [0.1, 0.15) is 22.7 Å². The zero-order valence-electron chi connectivity index (χ0n) is 15.0. The first-order valence-electron chi connectivity index (χ1n) is 8.31. The Balaban J connectivity index is 2.18. The van der Waals surface area contributed by atoms with Crippen molar-refractivity contribution in [2.75, 3.05) is 53.6 Å². The Morgan fingerprint density at radius 1 is 1.17 bits per heavy atom. The molecule has 0 unspecified atom stereocenters. The zero-order chi connectivity index (χ0) is 17.7. The van der Waals surface area contributed by atoms with Crippen LogP contribution >= 0.6 is 0 Å². The van der Waals surface area contributed by atoms with Crippen molar-refractivity contribution in [3.63, 3.8) is 0 Å². The number of aryl methyl sites for hydroxylation is 2. The van der Waals surface area contributed by atoms with Gasteiger partial charge in [0.25, 0.3) is 0 Å². The van der Waals surface area contributed by atoms with E-state index in [9.17, 15) is 9.90 Å². The van der Waals surface area contributed by atoms with Crippen LogP contribution in [0.15, 0.2) is 12.1 Å². The summed E-state index contributed by atoms with van der Waals surface area (Å²) in [5, 5.41) is 9.86. The lowest BCUT2D eigenvalue weighted by Gasteiger charge is -2.38. The van der Waals surface area contributed by atoms with Gasteiger partial charge in [0.05, 0.1) is 13.7 Å². The number of carboxylic acids is 1. The number of carbonyl (C=O) groups is 1. The Morgan fingerprint density at radius 2 is 1.75 bits per heavy atom. The highest BCUT2D eigenvalue weighted by Gasteiger charge is 2.32. The molecule has 0 aliphatic carbocycles. The van der Waals surface area contributed by atoms with Crippen LogP contribution in [-0.4, -0.2) is 74.4 Å². The molecule has 1 N–H and O–H groups in total. The van der Waals surface area contributed by atoms with Crippen LogP contribution in [0.2, 0.25) is 0 Å². The molecule has 134 valence electrons. The molecule has 0 bridgehead atoms. The van der Waals surface area contributed by atoms with Crippen LogP contribution in [0.3, 0.4) is 0 Å². The largest absolute Gasteiger partial charge is 0.497 e. The van der Waals surface area contributed by atoms with Crippen molar-refractivity contribution >= 4 is 5.97 Å². The van der Waals surface area contributed by atoms with Gasteiger partial charge >= 0.3 is 5.97 Å². The van der Waals surface area contributed by atoms with E-state index in [1.54, 1.807) is 14.2 Å². The van der Waals surface area contributed by atoms with Crippen LogP contribution in [0, 0.1) is 13.8 Å². The summed E-state index contributed by atoms with van der Waals surface area (Å²) in [5.41, 5.74) is 2.80. The molecule has 0 spiro atoms. The SMILES string of the molecule is COCCN1CCN([C@H](C(=O)O)c2c(C)cc(OC)cc2C)CC1. The first-order valence-corrected chi connectivity index (χ1v) is 8.31. The van der Waals surface area contributed by atoms with Crippen molar-refractivity contribution in [2.24, 2.45) is 0 Å². The second kappa shape index (κ2) is 8.46. The standard InChI is InChI=1S/C18H28N2O4/c1-13-11-15(24-4)12-14(2)16(13)17(18(21)22)20-7-5-19(6-8-20)9-10-23-3/h11-12,17H,5-10H2,1-4H3,(H,21,22)/t17-/m0/s1. The smallest absolute Gasteiger partial charge is 0.325 e. The van der Waals surface area contributed by atoms with E-state index in [-0.39, 0.29) is 0 Å². The van der Waals surface area contributed by atoms with E-state index < -0.39 is 12.0 Å². The minimum absolute atomic E-state index is 0.611. The van der Waals surface area contributed by atoms with Gasteiger partial charge in [-0.2, -0.15) is 0 Å². The minimum atomic E-state index is -0.795. The fraction of sp³-hybridized carbons (Fsp3) is 0.611. The Kier molecular flexibility index (Phi) is 6.60. The number of carboxylic acid groups (broad SMARTS) is 1. The van der Waals surface area contributed by atoms with Crippen molar-refractivity contribution < 1.29 is 19.4 Å². The normalized spacial score (nSPS) is 17.7. The van der Waals surface area contributed by atoms with Crippen molar-refractivity contribution in [3.05, 3.63) is 28.8 Å². The van der Waals surface area contributed by atoms with Crippen molar-refractivity contribution in [3.8, 4) is 5.75 Å². The molecule has 6 heteroatoms. The average molecular weight is 336 g/mol. The molecule has 1 atom stereocenters. The Bertz CT molecular complexity index is 545. The van der Waals surface area contributed by atoms with Gasteiger partial charge in [0.15, 0.2) is 0 Å². The highest BCUT2D eigenvalue weighted by molar-refractivity contribution is 5.77. The Morgan fingerprint density at radius 3 is 2.21 bits per heavy atom. The molecule has 1 aromatic rings. The average Bonchev–Trinajstić information content (AvgIpc) is 2.56. The van der Waals surface area contributed by atoms with Crippen molar-refractivity contribution in [1.29, 1.82) is 0 Å². The number of nitrogens with zero attached hydrogens (tertiary/aromatic N) is 2. The summed E-state index contributed by atoms with van der Waals surface area (Å²) in [6.45, 7) is 8.72. The molecule has 1 aliphatic rings. The van der Waals surface area contributed by atoms with Gasteiger partial charge in [-0.15, -0.1) is 0 Å². The van der Waals surface area contributed by atoms with E-state index in [2.05, 4.69) is 9.80 Å². The van der Waals surface area contributed by atoms with Crippen LogP contribution in [0.4, 0.5) is 0 Å². The van der Waals surface area contributed by atoms with Crippen molar-refractivity contribution in [2.45, 2.75) is 19.9 Å². The van der Waals surface area contributed by atoms with Gasteiger partial charge in [-0.3, -0.25) is 14.6 Å².